The fourth-order valence-electron chi connectivity index (χ4n) is 0.846. The molecule has 80 valence electrons. The van der Waals surface area contributed by atoms with Gasteiger partial charge in [0, 0.05) is 18.7 Å². The fraction of sp³-hybridized carbons (Fsp3) is 0.500. The maximum atomic E-state index is 11.4. The highest BCUT2D eigenvalue weighted by atomic mass is 32.2. The minimum Gasteiger partial charge on any atom is -0.472 e. The molecule has 0 aliphatic heterocycles. The largest absolute Gasteiger partial charge is 0.472 e. The monoisotopic (exact) mass is 218 g/mol. The highest BCUT2D eigenvalue weighted by molar-refractivity contribution is 7.90. The van der Waals surface area contributed by atoms with E-state index in [0.29, 0.717) is 0 Å². The van der Waals surface area contributed by atoms with Crippen molar-refractivity contribution in [2.45, 2.75) is 18.7 Å². The molecule has 1 unspecified atom stereocenters. The van der Waals surface area contributed by atoms with Gasteiger partial charge < -0.3 is 10.2 Å². The number of nitrogens with two attached hydrogens (primary N) is 1. The van der Waals surface area contributed by atoms with E-state index in [-0.39, 0.29) is 13.1 Å². The molecule has 6 heteroatoms. The molecule has 3 N–H and O–H groups in total. The van der Waals surface area contributed by atoms with E-state index in [1.165, 1.54) is 12.5 Å². The molecule has 0 radical (unpaired) electrons. The van der Waals surface area contributed by atoms with Gasteiger partial charge in [0.05, 0.1) is 17.8 Å². The summed E-state index contributed by atoms with van der Waals surface area (Å²) >= 11 is 0. The van der Waals surface area contributed by atoms with Crippen molar-refractivity contribution in [1.29, 1.82) is 0 Å². The lowest BCUT2D eigenvalue weighted by molar-refractivity contribution is 0.558. The van der Waals surface area contributed by atoms with E-state index in [1.807, 2.05) is 0 Å². The first-order chi connectivity index (χ1) is 6.56. The predicted octanol–water partition coefficient (Wildman–Crippen LogP) is 0.0462. The summed E-state index contributed by atoms with van der Waals surface area (Å²) in [6.07, 6.45) is 2.99. The third kappa shape index (κ3) is 2.83. The molecular formula is C8H14N2O3S. The molecule has 0 saturated heterocycles. The number of hydrogen-bond donors (Lipinski definition) is 2. The normalized spacial score (nSPS) is 14.1. The summed E-state index contributed by atoms with van der Waals surface area (Å²) in [6.45, 7) is 1.92. The second-order valence-corrected chi connectivity index (χ2v) is 5.23. The van der Waals surface area contributed by atoms with E-state index in [4.69, 9.17) is 10.2 Å². The van der Waals surface area contributed by atoms with Crippen LogP contribution in [0, 0.1) is 0 Å². The van der Waals surface area contributed by atoms with Gasteiger partial charge in [-0.3, -0.25) is 0 Å². The van der Waals surface area contributed by atoms with E-state index >= 15 is 0 Å². The molecule has 1 atom stereocenters. The van der Waals surface area contributed by atoms with Gasteiger partial charge in [-0.25, -0.2) is 13.1 Å². The van der Waals surface area contributed by atoms with Crippen LogP contribution in [-0.2, 0) is 16.6 Å². The van der Waals surface area contributed by atoms with Crippen molar-refractivity contribution in [1.82, 2.24) is 4.72 Å². The highest BCUT2D eigenvalue weighted by Gasteiger charge is 2.18. The van der Waals surface area contributed by atoms with Crippen molar-refractivity contribution < 1.29 is 12.8 Å². The third-order valence-electron chi connectivity index (χ3n) is 1.92. The Morgan fingerprint density at radius 3 is 2.86 bits per heavy atom. The zero-order chi connectivity index (χ0) is 10.6. The van der Waals surface area contributed by atoms with Crippen LogP contribution >= 0.6 is 0 Å². The van der Waals surface area contributed by atoms with Crippen molar-refractivity contribution in [2.24, 2.45) is 5.73 Å². The summed E-state index contributed by atoms with van der Waals surface area (Å²) in [6, 6.07) is 1.70. The van der Waals surface area contributed by atoms with Crippen LogP contribution in [0.1, 0.15) is 12.5 Å². The van der Waals surface area contributed by atoms with Gasteiger partial charge in [-0.15, -0.1) is 0 Å². The maximum absolute atomic E-state index is 11.4. The summed E-state index contributed by atoms with van der Waals surface area (Å²) in [7, 11) is -3.30. The molecule has 0 fully saturated rings. The predicted molar refractivity (Wildman–Crippen MR) is 53.0 cm³/mol. The second-order valence-electron chi connectivity index (χ2n) is 3.04. The van der Waals surface area contributed by atoms with Crippen LogP contribution in [0.15, 0.2) is 23.0 Å². The van der Waals surface area contributed by atoms with Crippen LogP contribution < -0.4 is 10.5 Å². The maximum Gasteiger partial charge on any atom is 0.215 e. The molecule has 0 aliphatic rings. The van der Waals surface area contributed by atoms with Gasteiger partial charge in [0.15, 0.2) is 0 Å². The zero-order valence-corrected chi connectivity index (χ0v) is 8.75. The highest BCUT2D eigenvalue weighted by Crippen LogP contribution is 2.02. The standard InChI is InChI=1S/C8H14N2O3S/c1-7(4-9)14(11,12)10-5-8-2-3-13-6-8/h2-3,6-7,10H,4-5,9H2,1H3. The Morgan fingerprint density at radius 2 is 2.36 bits per heavy atom. The van der Waals surface area contributed by atoms with Crippen LogP contribution in [-0.4, -0.2) is 20.2 Å². The topological polar surface area (TPSA) is 85.3 Å². The molecule has 0 spiro atoms. The number of hydrogen-bond acceptors (Lipinski definition) is 4. The Balaban J connectivity index is 2.53. The molecule has 1 heterocycles. The fourth-order valence-corrected chi connectivity index (χ4v) is 1.75. The minimum absolute atomic E-state index is 0.112. The summed E-state index contributed by atoms with van der Waals surface area (Å²) in [4.78, 5) is 0. The molecule has 5 nitrogen and oxygen atoms in total. The average Bonchev–Trinajstić information content (AvgIpc) is 2.66. The number of furan rings is 1. The Labute approximate surface area is 83.3 Å². The van der Waals surface area contributed by atoms with Crippen molar-refractivity contribution >= 4 is 10.0 Å². The molecule has 0 amide bonds. The Hall–Kier alpha value is -0.850. The van der Waals surface area contributed by atoms with Gasteiger partial charge in [0.2, 0.25) is 10.0 Å². The van der Waals surface area contributed by atoms with Crippen LogP contribution in [0.4, 0.5) is 0 Å². The Morgan fingerprint density at radius 1 is 1.64 bits per heavy atom. The molecule has 0 saturated carbocycles. The number of sulfonamides is 1. The first-order valence-electron chi connectivity index (χ1n) is 4.26. The first kappa shape index (κ1) is 11.2. The van der Waals surface area contributed by atoms with Gasteiger partial charge in [0.25, 0.3) is 0 Å². The zero-order valence-electron chi connectivity index (χ0n) is 7.93. The van der Waals surface area contributed by atoms with Crippen LogP contribution in [0.5, 0.6) is 0 Å². The SMILES string of the molecule is CC(CN)S(=O)(=O)NCc1ccoc1. The third-order valence-corrected chi connectivity index (χ3v) is 3.72. The Bertz CT molecular complexity index is 358. The van der Waals surface area contributed by atoms with E-state index in [0.717, 1.165) is 5.56 Å². The number of rotatable bonds is 5. The van der Waals surface area contributed by atoms with Crippen LogP contribution in [0.3, 0.4) is 0 Å². The lowest BCUT2D eigenvalue weighted by Crippen LogP contribution is -2.36. The number of nitrogens with one attached hydrogen (secondary N) is 1. The molecule has 1 aromatic heterocycles. The van der Waals surface area contributed by atoms with Crippen LogP contribution in [0.25, 0.3) is 0 Å². The lowest BCUT2D eigenvalue weighted by atomic mass is 10.4. The van der Waals surface area contributed by atoms with Crippen molar-refractivity contribution in [2.75, 3.05) is 6.54 Å². The van der Waals surface area contributed by atoms with E-state index < -0.39 is 15.3 Å². The van der Waals surface area contributed by atoms with Gasteiger partial charge in [-0.05, 0) is 13.0 Å². The molecule has 0 bridgehead atoms. The van der Waals surface area contributed by atoms with E-state index in [2.05, 4.69) is 4.72 Å². The lowest BCUT2D eigenvalue weighted by Gasteiger charge is -2.10. The molecule has 1 aromatic rings. The second kappa shape index (κ2) is 4.59. The summed E-state index contributed by atoms with van der Waals surface area (Å²) < 4.78 is 30.1. The molecule has 1 rings (SSSR count). The van der Waals surface area contributed by atoms with Gasteiger partial charge in [-0.1, -0.05) is 0 Å². The van der Waals surface area contributed by atoms with Crippen molar-refractivity contribution in [3.8, 4) is 0 Å². The van der Waals surface area contributed by atoms with E-state index in [1.54, 1.807) is 13.0 Å². The minimum atomic E-state index is -3.30. The molecule has 14 heavy (non-hydrogen) atoms. The summed E-state index contributed by atoms with van der Waals surface area (Å²) in [5.74, 6) is 0. The molecule has 0 aromatic carbocycles. The Kier molecular flexibility index (Phi) is 3.68. The van der Waals surface area contributed by atoms with Gasteiger partial charge >= 0.3 is 0 Å². The summed E-state index contributed by atoms with van der Waals surface area (Å²) in [5, 5.41) is -0.575. The van der Waals surface area contributed by atoms with Crippen molar-refractivity contribution in [3.63, 3.8) is 0 Å². The molecular weight excluding hydrogens is 204 g/mol. The quantitative estimate of drug-likeness (QED) is 0.731. The first-order valence-corrected chi connectivity index (χ1v) is 5.80. The van der Waals surface area contributed by atoms with Gasteiger partial charge in [-0.2, -0.15) is 0 Å². The van der Waals surface area contributed by atoms with Crippen molar-refractivity contribution in [3.05, 3.63) is 24.2 Å². The van der Waals surface area contributed by atoms with Crippen LogP contribution in [0.2, 0.25) is 0 Å². The molecule has 0 aliphatic carbocycles. The summed E-state index contributed by atoms with van der Waals surface area (Å²) in [5.41, 5.74) is 6.06. The van der Waals surface area contributed by atoms with Gasteiger partial charge in [0.1, 0.15) is 0 Å². The average molecular weight is 218 g/mol. The van der Waals surface area contributed by atoms with E-state index in [9.17, 15) is 8.42 Å². The smallest absolute Gasteiger partial charge is 0.215 e.